The second-order valence-corrected chi connectivity index (χ2v) is 2.10. The van der Waals surface area contributed by atoms with E-state index in [0.717, 1.165) is 12.1 Å². The molecular weight excluding hydrogens is 140 g/mol. The second kappa shape index (κ2) is 3.71. The molecule has 1 aromatic heterocycles. The summed E-state index contributed by atoms with van der Waals surface area (Å²) in [7, 11) is 0. The van der Waals surface area contributed by atoms with Crippen LogP contribution >= 0.6 is 0 Å². The minimum absolute atomic E-state index is 0.676. The smallest absolute Gasteiger partial charge is 0.214 e. The molecule has 0 aliphatic carbocycles. The lowest BCUT2D eigenvalue weighted by Gasteiger charge is -2.12. The molecule has 1 amide bonds. The summed E-state index contributed by atoms with van der Waals surface area (Å²) >= 11 is 0. The van der Waals surface area contributed by atoms with Crippen LogP contribution < -0.4 is 4.90 Å². The Bertz CT molecular complexity index is 223. The van der Waals surface area contributed by atoms with Crippen LogP contribution in [0.5, 0.6) is 0 Å². The average molecular weight is 150 g/mol. The molecule has 58 valence electrons. The number of rotatable bonds is 3. The molecule has 0 aliphatic heterocycles. The predicted molar refractivity (Wildman–Crippen MR) is 43.3 cm³/mol. The van der Waals surface area contributed by atoms with E-state index in [4.69, 9.17) is 0 Å². The zero-order chi connectivity index (χ0) is 8.10. The fourth-order valence-electron chi connectivity index (χ4n) is 0.842. The van der Waals surface area contributed by atoms with Crippen LogP contribution in [0.1, 0.15) is 6.92 Å². The summed E-state index contributed by atoms with van der Waals surface area (Å²) in [5.74, 6) is 0. The molecule has 0 saturated carbocycles. The van der Waals surface area contributed by atoms with E-state index in [1.165, 1.54) is 0 Å². The first-order chi connectivity index (χ1) is 5.38. The third-order valence-electron chi connectivity index (χ3n) is 1.45. The van der Waals surface area contributed by atoms with Crippen LogP contribution in [0.3, 0.4) is 0 Å². The van der Waals surface area contributed by atoms with Gasteiger partial charge in [0.15, 0.2) is 0 Å². The predicted octanol–water partition coefficient (Wildman–Crippen LogP) is 1.06. The van der Waals surface area contributed by atoms with Crippen molar-refractivity contribution in [3.63, 3.8) is 0 Å². The van der Waals surface area contributed by atoms with Crippen LogP contribution in [-0.2, 0) is 4.79 Å². The highest BCUT2D eigenvalue weighted by Gasteiger charge is 1.99. The molecule has 0 unspecified atom stereocenters. The van der Waals surface area contributed by atoms with Gasteiger partial charge in [0.25, 0.3) is 0 Å². The van der Waals surface area contributed by atoms with Crippen LogP contribution in [0.2, 0.25) is 0 Å². The number of nitrogens with zero attached hydrogens (tertiary/aromatic N) is 2. The van der Waals surface area contributed by atoms with Gasteiger partial charge < -0.3 is 4.90 Å². The molecule has 1 rings (SSSR count). The van der Waals surface area contributed by atoms with E-state index in [9.17, 15) is 4.79 Å². The van der Waals surface area contributed by atoms with Gasteiger partial charge >= 0.3 is 0 Å². The van der Waals surface area contributed by atoms with Crippen molar-refractivity contribution >= 4 is 12.1 Å². The Kier molecular flexibility index (Phi) is 2.60. The van der Waals surface area contributed by atoms with Crippen molar-refractivity contribution in [2.45, 2.75) is 6.92 Å². The Labute approximate surface area is 65.7 Å². The lowest BCUT2D eigenvalue weighted by atomic mass is 10.4. The quantitative estimate of drug-likeness (QED) is 0.604. The number of carbonyl (C=O) groups excluding carboxylic acids is 1. The van der Waals surface area contributed by atoms with Gasteiger partial charge in [-0.3, -0.25) is 9.78 Å². The SMILES string of the molecule is CCN(C=O)c1cccnc1. The number of amides is 1. The number of aromatic nitrogens is 1. The van der Waals surface area contributed by atoms with Gasteiger partial charge in [0.2, 0.25) is 6.41 Å². The molecule has 0 aromatic carbocycles. The molecule has 0 atom stereocenters. The fraction of sp³-hybridized carbons (Fsp3) is 0.250. The van der Waals surface area contributed by atoms with Crippen molar-refractivity contribution < 1.29 is 4.79 Å². The zero-order valence-electron chi connectivity index (χ0n) is 6.40. The Hall–Kier alpha value is -1.38. The molecule has 0 aliphatic rings. The highest BCUT2D eigenvalue weighted by molar-refractivity contribution is 5.74. The van der Waals surface area contributed by atoms with Crippen LogP contribution in [0, 0.1) is 0 Å². The lowest BCUT2D eigenvalue weighted by molar-refractivity contribution is -0.107. The first-order valence-electron chi connectivity index (χ1n) is 3.50. The Morgan fingerprint density at radius 2 is 2.55 bits per heavy atom. The molecular formula is C8H10N2O. The van der Waals surface area contributed by atoms with Crippen molar-refractivity contribution in [3.05, 3.63) is 24.5 Å². The molecule has 0 fully saturated rings. The Balaban J connectivity index is 2.82. The second-order valence-electron chi connectivity index (χ2n) is 2.10. The minimum atomic E-state index is 0.676. The summed E-state index contributed by atoms with van der Waals surface area (Å²) in [5.41, 5.74) is 0.838. The summed E-state index contributed by atoms with van der Waals surface area (Å²) in [6.07, 6.45) is 4.15. The van der Waals surface area contributed by atoms with Gasteiger partial charge in [-0.05, 0) is 19.1 Å². The molecule has 11 heavy (non-hydrogen) atoms. The minimum Gasteiger partial charge on any atom is -0.314 e. The van der Waals surface area contributed by atoms with Crippen LogP contribution in [0.25, 0.3) is 0 Å². The highest BCUT2D eigenvalue weighted by atomic mass is 16.1. The molecule has 0 N–H and O–H groups in total. The van der Waals surface area contributed by atoms with Crippen molar-refractivity contribution in [2.75, 3.05) is 11.4 Å². The number of carbonyl (C=O) groups is 1. The molecule has 0 saturated heterocycles. The van der Waals surface area contributed by atoms with Crippen LogP contribution in [-0.4, -0.2) is 17.9 Å². The lowest BCUT2D eigenvalue weighted by Crippen LogP contribution is -2.19. The number of hydrogen-bond donors (Lipinski definition) is 0. The first-order valence-corrected chi connectivity index (χ1v) is 3.50. The molecule has 1 heterocycles. The van der Waals surface area contributed by atoms with Gasteiger partial charge in [0, 0.05) is 12.7 Å². The van der Waals surface area contributed by atoms with Crippen LogP contribution in [0.4, 0.5) is 5.69 Å². The summed E-state index contributed by atoms with van der Waals surface area (Å²) in [6.45, 7) is 2.59. The summed E-state index contributed by atoms with van der Waals surface area (Å²) in [4.78, 5) is 15.9. The molecule has 0 bridgehead atoms. The Morgan fingerprint density at radius 1 is 1.73 bits per heavy atom. The first kappa shape index (κ1) is 7.72. The average Bonchev–Trinajstić information content (AvgIpc) is 2.09. The van der Waals surface area contributed by atoms with Gasteiger partial charge in [-0.25, -0.2) is 0 Å². The maximum atomic E-state index is 10.4. The number of anilines is 1. The Morgan fingerprint density at radius 3 is 3.00 bits per heavy atom. The van der Waals surface area contributed by atoms with Crippen molar-refractivity contribution in [1.82, 2.24) is 4.98 Å². The van der Waals surface area contributed by atoms with E-state index in [2.05, 4.69) is 4.98 Å². The molecule has 3 heteroatoms. The van der Waals surface area contributed by atoms with Gasteiger partial charge in [-0.15, -0.1) is 0 Å². The summed E-state index contributed by atoms with van der Waals surface area (Å²) < 4.78 is 0. The monoisotopic (exact) mass is 150 g/mol. The van der Waals surface area contributed by atoms with E-state index >= 15 is 0 Å². The largest absolute Gasteiger partial charge is 0.314 e. The molecule has 1 aromatic rings. The molecule has 0 radical (unpaired) electrons. The van der Waals surface area contributed by atoms with E-state index in [-0.39, 0.29) is 0 Å². The van der Waals surface area contributed by atoms with Crippen molar-refractivity contribution in [2.24, 2.45) is 0 Å². The molecule has 3 nitrogen and oxygen atoms in total. The summed E-state index contributed by atoms with van der Waals surface area (Å²) in [5, 5.41) is 0. The fourth-order valence-corrected chi connectivity index (χ4v) is 0.842. The van der Waals surface area contributed by atoms with Gasteiger partial charge in [-0.2, -0.15) is 0 Å². The maximum absolute atomic E-state index is 10.4. The number of pyridine rings is 1. The van der Waals surface area contributed by atoms with E-state index in [0.29, 0.717) is 6.54 Å². The molecule has 0 spiro atoms. The third kappa shape index (κ3) is 1.77. The standard InChI is InChI=1S/C8H10N2O/c1-2-10(7-11)8-4-3-5-9-6-8/h3-7H,2H2,1H3. The van der Waals surface area contributed by atoms with Gasteiger partial charge in [0.05, 0.1) is 11.9 Å². The van der Waals surface area contributed by atoms with E-state index in [1.807, 2.05) is 19.1 Å². The van der Waals surface area contributed by atoms with Gasteiger partial charge in [0.1, 0.15) is 0 Å². The number of hydrogen-bond acceptors (Lipinski definition) is 2. The van der Waals surface area contributed by atoms with Crippen LogP contribution in [0.15, 0.2) is 24.5 Å². The van der Waals surface area contributed by atoms with Crippen molar-refractivity contribution in [1.29, 1.82) is 0 Å². The van der Waals surface area contributed by atoms with E-state index < -0.39 is 0 Å². The zero-order valence-corrected chi connectivity index (χ0v) is 6.40. The topological polar surface area (TPSA) is 33.2 Å². The maximum Gasteiger partial charge on any atom is 0.214 e. The normalized spacial score (nSPS) is 9.18. The van der Waals surface area contributed by atoms with E-state index in [1.54, 1.807) is 17.3 Å². The summed E-state index contributed by atoms with van der Waals surface area (Å²) in [6, 6.07) is 3.66. The van der Waals surface area contributed by atoms with Crippen molar-refractivity contribution in [3.8, 4) is 0 Å². The van der Waals surface area contributed by atoms with Gasteiger partial charge in [-0.1, -0.05) is 0 Å². The highest BCUT2D eigenvalue weighted by Crippen LogP contribution is 2.07. The third-order valence-corrected chi connectivity index (χ3v) is 1.45.